The van der Waals surface area contributed by atoms with E-state index in [1.54, 1.807) is 64.3 Å². The normalized spacial score (nSPS) is 18.5. The van der Waals surface area contributed by atoms with Gasteiger partial charge in [-0.2, -0.15) is 0 Å². The lowest BCUT2D eigenvalue weighted by atomic mass is 9.87. The highest BCUT2D eigenvalue weighted by Crippen LogP contribution is 2.47. The van der Waals surface area contributed by atoms with Crippen molar-refractivity contribution in [3.05, 3.63) is 93.3 Å². The SMILES string of the molecule is CC(C)(C)OC(=O)N1CCC(c2cc3c(Nc4cc5ncsc5cc4F)ccnc3s2)C1(C)C.CC1(C)NCCC1c1cc2c(Nc3cc4ncsc4cc3F)ccnc2s1. The van der Waals surface area contributed by atoms with Crippen LogP contribution in [0.1, 0.15) is 82.9 Å². The number of likely N-dealkylation sites (tertiary alicyclic amines) is 1. The molecule has 10 rings (SSSR count). The molecule has 0 radical (unpaired) electrons. The summed E-state index contributed by atoms with van der Waals surface area (Å²) in [6.07, 6.45) is 5.20. The van der Waals surface area contributed by atoms with Crippen LogP contribution in [-0.2, 0) is 4.74 Å². The predicted molar refractivity (Wildman–Crippen MR) is 249 cm³/mol. The fourth-order valence-electron chi connectivity index (χ4n) is 8.46. The van der Waals surface area contributed by atoms with Crippen molar-refractivity contribution in [2.45, 2.75) is 89.8 Å². The minimum atomic E-state index is -0.538. The van der Waals surface area contributed by atoms with E-state index in [0.717, 1.165) is 76.5 Å². The number of anilines is 4. The van der Waals surface area contributed by atoms with Gasteiger partial charge in [0, 0.05) is 62.4 Å². The van der Waals surface area contributed by atoms with E-state index in [1.165, 1.54) is 33.6 Å². The van der Waals surface area contributed by atoms with Gasteiger partial charge in [0.05, 0.1) is 54.2 Å². The summed E-state index contributed by atoms with van der Waals surface area (Å²) < 4.78 is 36.6. The number of nitrogens with zero attached hydrogens (tertiary/aromatic N) is 5. The average Bonchev–Trinajstić information content (AvgIpc) is 4.04. The van der Waals surface area contributed by atoms with Crippen molar-refractivity contribution in [2.24, 2.45) is 0 Å². The molecule has 0 bridgehead atoms. The number of fused-ring (bicyclic) bond motifs is 4. The molecule has 2 atom stereocenters. The van der Waals surface area contributed by atoms with E-state index in [2.05, 4.69) is 75.7 Å². The summed E-state index contributed by atoms with van der Waals surface area (Å²) in [7, 11) is 0. The van der Waals surface area contributed by atoms with Gasteiger partial charge in [-0.1, -0.05) is 0 Å². The van der Waals surface area contributed by atoms with Crippen molar-refractivity contribution in [1.29, 1.82) is 0 Å². The van der Waals surface area contributed by atoms with Gasteiger partial charge in [0.1, 0.15) is 26.9 Å². The molecule has 316 valence electrons. The number of rotatable bonds is 6. The van der Waals surface area contributed by atoms with E-state index in [4.69, 9.17) is 4.74 Å². The minimum absolute atomic E-state index is 0.0796. The highest BCUT2D eigenvalue weighted by atomic mass is 32.1. The fraction of sp³-hybridized carbons (Fsp3) is 0.356. The molecule has 8 aromatic rings. The summed E-state index contributed by atoms with van der Waals surface area (Å²) in [5, 5.41) is 12.1. The Bertz CT molecular complexity index is 2930. The highest BCUT2D eigenvalue weighted by Gasteiger charge is 2.46. The molecular formula is C45H46F2N8O2S4. The van der Waals surface area contributed by atoms with E-state index in [1.807, 2.05) is 37.8 Å². The lowest BCUT2D eigenvalue weighted by Gasteiger charge is -2.36. The number of hydrogen-bond acceptors (Lipinski definition) is 13. The lowest BCUT2D eigenvalue weighted by molar-refractivity contribution is 0.0119. The maximum Gasteiger partial charge on any atom is 0.410 e. The van der Waals surface area contributed by atoms with Gasteiger partial charge < -0.3 is 25.6 Å². The third kappa shape index (κ3) is 8.16. The van der Waals surface area contributed by atoms with Crippen LogP contribution in [0.2, 0.25) is 0 Å². The van der Waals surface area contributed by atoms with Crippen LogP contribution in [0.15, 0.2) is 71.9 Å². The molecular weight excluding hydrogens is 851 g/mol. The molecule has 3 N–H and O–H groups in total. The Labute approximate surface area is 368 Å². The molecule has 61 heavy (non-hydrogen) atoms. The van der Waals surface area contributed by atoms with Crippen LogP contribution in [0.25, 0.3) is 40.9 Å². The highest BCUT2D eigenvalue weighted by molar-refractivity contribution is 7.19. The van der Waals surface area contributed by atoms with E-state index in [-0.39, 0.29) is 29.2 Å². The van der Waals surface area contributed by atoms with Gasteiger partial charge in [-0.05, 0) is 116 Å². The van der Waals surface area contributed by atoms with Crippen molar-refractivity contribution < 1.29 is 18.3 Å². The quantitative estimate of drug-likeness (QED) is 0.150. The molecule has 1 amide bonds. The van der Waals surface area contributed by atoms with Crippen molar-refractivity contribution in [1.82, 2.24) is 30.2 Å². The smallest absolute Gasteiger partial charge is 0.410 e. The Morgan fingerprint density at radius 2 is 1.28 bits per heavy atom. The van der Waals surface area contributed by atoms with Crippen molar-refractivity contribution in [3.8, 4) is 0 Å². The van der Waals surface area contributed by atoms with Gasteiger partial charge >= 0.3 is 6.09 Å². The summed E-state index contributed by atoms with van der Waals surface area (Å²) >= 11 is 6.22. The minimum Gasteiger partial charge on any atom is -0.444 e. The van der Waals surface area contributed by atoms with Crippen LogP contribution in [0, 0.1) is 11.6 Å². The molecule has 10 nitrogen and oxygen atoms in total. The molecule has 0 saturated carbocycles. The van der Waals surface area contributed by atoms with Crippen LogP contribution < -0.4 is 16.0 Å². The largest absolute Gasteiger partial charge is 0.444 e. The second-order valence-electron chi connectivity index (χ2n) is 17.6. The number of aromatic nitrogens is 4. The molecule has 2 aliphatic rings. The molecule has 2 fully saturated rings. The number of nitrogens with one attached hydrogen (secondary N) is 3. The van der Waals surface area contributed by atoms with Gasteiger partial charge in [0.2, 0.25) is 0 Å². The Morgan fingerprint density at radius 1 is 0.754 bits per heavy atom. The zero-order valence-electron chi connectivity index (χ0n) is 34.9. The van der Waals surface area contributed by atoms with E-state index in [0.29, 0.717) is 23.8 Å². The molecule has 6 aromatic heterocycles. The zero-order chi connectivity index (χ0) is 42.8. The summed E-state index contributed by atoms with van der Waals surface area (Å²) in [5.41, 5.74) is 6.65. The Balaban J connectivity index is 0.000000160. The van der Waals surface area contributed by atoms with Crippen LogP contribution in [0.5, 0.6) is 0 Å². The first-order chi connectivity index (χ1) is 29.0. The number of benzene rings is 2. The van der Waals surface area contributed by atoms with Crippen LogP contribution >= 0.6 is 45.3 Å². The number of carbonyl (C=O) groups is 1. The standard InChI is InChI=1S/C25H27FN4O2S2.C20H19FN4S2/c1-24(2,3)32-23(31)30-9-7-15(25(30,4)5)20-10-14-17(6-8-27-22(14)34-20)29-18-12-19-21(11-16(18)26)33-13-28-19;1-20(2)12(3-6-24-20)17-7-11-14(4-5-22-19(11)27-17)25-15-9-16-18(8-13(15)21)26-10-23-16/h6,8,10-13,15H,7,9H2,1-5H3,(H,27,29);4-5,7-10,12,24H,3,6H2,1-2H3,(H,22,25). The summed E-state index contributed by atoms with van der Waals surface area (Å²) in [4.78, 5) is 36.7. The number of hydrogen-bond donors (Lipinski definition) is 3. The Kier molecular flexibility index (Phi) is 10.7. The number of amides is 1. The number of halogens is 2. The first-order valence-electron chi connectivity index (χ1n) is 20.2. The third-order valence-corrected chi connectivity index (χ3v) is 15.6. The van der Waals surface area contributed by atoms with Gasteiger partial charge in [-0.3, -0.25) is 0 Å². The van der Waals surface area contributed by atoms with E-state index in [9.17, 15) is 13.6 Å². The number of thiazole rings is 2. The van der Waals surface area contributed by atoms with Gasteiger partial charge in [-0.25, -0.2) is 33.5 Å². The number of ether oxygens (including phenoxy) is 1. The molecule has 16 heteroatoms. The predicted octanol–water partition coefficient (Wildman–Crippen LogP) is 12.9. The maximum absolute atomic E-state index is 14.7. The summed E-state index contributed by atoms with van der Waals surface area (Å²) in [6.45, 7) is 16.0. The summed E-state index contributed by atoms with van der Waals surface area (Å²) in [6, 6.07) is 14.7. The topological polar surface area (TPSA) is 117 Å². The summed E-state index contributed by atoms with van der Waals surface area (Å²) in [5.74, 6) is 0.0261. The van der Waals surface area contributed by atoms with Crippen LogP contribution in [0.3, 0.4) is 0 Å². The number of pyridine rings is 2. The van der Waals surface area contributed by atoms with E-state index >= 15 is 0 Å². The second kappa shape index (κ2) is 15.8. The van der Waals surface area contributed by atoms with Gasteiger partial charge in [-0.15, -0.1) is 45.3 Å². The molecule has 0 aliphatic carbocycles. The molecule has 2 aromatic carbocycles. The Hall–Kier alpha value is -4.87. The number of carbonyl (C=O) groups excluding carboxylic acids is 1. The molecule has 0 spiro atoms. The number of thiophene rings is 2. The second-order valence-corrected chi connectivity index (χ2v) is 21.5. The van der Waals surface area contributed by atoms with E-state index < -0.39 is 11.1 Å². The maximum atomic E-state index is 14.7. The van der Waals surface area contributed by atoms with Gasteiger partial charge in [0.15, 0.2) is 0 Å². The van der Waals surface area contributed by atoms with Crippen molar-refractivity contribution >= 4 is 115 Å². The molecule has 2 saturated heterocycles. The van der Waals surface area contributed by atoms with Crippen LogP contribution in [0.4, 0.5) is 36.3 Å². The first kappa shape index (κ1) is 41.5. The average molecular weight is 897 g/mol. The zero-order valence-corrected chi connectivity index (χ0v) is 38.1. The third-order valence-electron chi connectivity index (χ3n) is 11.7. The molecule has 8 heterocycles. The first-order valence-corrected chi connectivity index (χ1v) is 23.6. The lowest BCUT2D eigenvalue weighted by Crippen LogP contribution is -2.47. The monoisotopic (exact) mass is 896 g/mol. The van der Waals surface area contributed by atoms with Crippen LogP contribution in [-0.4, -0.2) is 60.7 Å². The Morgan fingerprint density at radius 3 is 1.77 bits per heavy atom. The molecule has 2 aliphatic heterocycles. The van der Waals surface area contributed by atoms with Crippen molar-refractivity contribution in [3.63, 3.8) is 0 Å². The molecule has 2 unspecified atom stereocenters. The van der Waals surface area contributed by atoms with Crippen molar-refractivity contribution in [2.75, 3.05) is 23.7 Å². The fourth-order valence-corrected chi connectivity index (χ4v) is 12.5. The van der Waals surface area contributed by atoms with Gasteiger partial charge in [0.25, 0.3) is 0 Å².